The van der Waals surface area contributed by atoms with Gasteiger partial charge in [0.1, 0.15) is 0 Å². The van der Waals surface area contributed by atoms with Gasteiger partial charge >= 0.3 is 29.6 Å². The van der Waals surface area contributed by atoms with Gasteiger partial charge < -0.3 is 4.55 Å². The molecule has 0 N–H and O–H groups in total. The van der Waals surface area contributed by atoms with E-state index in [1.54, 1.807) is 0 Å². The van der Waals surface area contributed by atoms with Crippen molar-refractivity contribution < 1.29 is 46.7 Å². The zero-order valence-electron chi connectivity index (χ0n) is 26.6. The van der Waals surface area contributed by atoms with Crippen molar-refractivity contribution in [1.82, 2.24) is 0 Å². The molecule has 0 aliphatic rings. The van der Waals surface area contributed by atoms with Crippen LogP contribution in [0.25, 0.3) is 0 Å². The van der Waals surface area contributed by atoms with Gasteiger partial charge in [0, 0.05) is 5.92 Å². The van der Waals surface area contributed by atoms with E-state index in [4.69, 9.17) is 0 Å². The summed E-state index contributed by atoms with van der Waals surface area (Å²) >= 11 is 0. The maximum Gasteiger partial charge on any atom is 1.00 e. The van der Waals surface area contributed by atoms with Gasteiger partial charge in [0.15, 0.2) is 0 Å². The van der Waals surface area contributed by atoms with Crippen LogP contribution < -0.4 is 29.6 Å². The van der Waals surface area contributed by atoms with Crippen LogP contribution in [0.15, 0.2) is 12.2 Å². The quantitative estimate of drug-likeness (QED) is 0.0272. The Morgan fingerprint density at radius 3 is 1.26 bits per heavy atom. The zero-order chi connectivity index (χ0) is 28.0. The van der Waals surface area contributed by atoms with Gasteiger partial charge in [0.2, 0.25) is 10.4 Å². The Morgan fingerprint density at radius 1 is 0.564 bits per heavy atom. The molecule has 0 rings (SSSR count). The van der Waals surface area contributed by atoms with Crippen LogP contribution in [-0.2, 0) is 14.6 Å². The van der Waals surface area contributed by atoms with E-state index in [2.05, 4.69) is 30.2 Å². The molecule has 0 aliphatic carbocycles. The number of hydrogen-bond acceptors (Lipinski definition) is 4. The molecule has 0 spiro atoms. The molecule has 4 nitrogen and oxygen atoms in total. The van der Waals surface area contributed by atoms with Gasteiger partial charge in [0.05, 0.1) is 6.61 Å². The van der Waals surface area contributed by atoms with Gasteiger partial charge in [-0.25, -0.2) is 8.42 Å². The summed E-state index contributed by atoms with van der Waals surface area (Å²) in [6.45, 7) is 4.52. The number of rotatable bonds is 31. The molecule has 1 atom stereocenters. The van der Waals surface area contributed by atoms with Gasteiger partial charge in [-0.3, -0.25) is 4.18 Å². The van der Waals surface area contributed by atoms with Crippen LogP contribution in [0, 0.1) is 5.92 Å². The van der Waals surface area contributed by atoms with E-state index < -0.39 is 10.4 Å². The van der Waals surface area contributed by atoms with E-state index in [0.717, 1.165) is 19.3 Å². The first-order valence-corrected chi connectivity index (χ1v) is 18.1. The molecule has 0 radical (unpaired) electrons. The fraction of sp³-hybridized carbons (Fsp3) is 0.939. The van der Waals surface area contributed by atoms with Crippen molar-refractivity contribution in [1.29, 1.82) is 0 Å². The molecule has 0 amide bonds. The molecule has 1 unspecified atom stereocenters. The molecule has 39 heavy (non-hydrogen) atoms. The second-order valence-corrected chi connectivity index (χ2v) is 12.6. The van der Waals surface area contributed by atoms with Gasteiger partial charge in [0.25, 0.3) is 0 Å². The minimum Gasteiger partial charge on any atom is -0.726 e. The van der Waals surface area contributed by atoms with Crippen LogP contribution in [0.1, 0.15) is 187 Å². The summed E-state index contributed by atoms with van der Waals surface area (Å²) in [5.41, 5.74) is 0. The number of unbranched alkanes of at least 4 members (excludes halogenated alkanes) is 24. The molecule has 0 aromatic carbocycles. The third-order valence-electron chi connectivity index (χ3n) is 7.74. The van der Waals surface area contributed by atoms with E-state index >= 15 is 0 Å². The predicted molar refractivity (Wildman–Crippen MR) is 164 cm³/mol. The first-order chi connectivity index (χ1) is 18.5. The fourth-order valence-corrected chi connectivity index (χ4v) is 5.56. The van der Waals surface area contributed by atoms with Crippen molar-refractivity contribution in [2.24, 2.45) is 5.92 Å². The Morgan fingerprint density at radius 2 is 0.897 bits per heavy atom. The SMILES string of the molecule is CCCCCCCCCCC/C=C/C(CCCCCCCCCCCCCCCCCC)COS(=O)(=O)[O-].[Na+]. The minimum absolute atomic E-state index is 0. The molecule has 0 fully saturated rings. The smallest absolute Gasteiger partial charge is 0.726 e. The van der Waals surface area contributed by atoms with E-state index in [0.29, 0.717) is 0 Å². The molecule has 0 aromatic heterocycles. The van der Waals surface area contributed by atoms with Crippen LogP contribution in [0.3, 0.4) is 0 Å². The third-order valence-corrected chi connectivity index (χ3v) is 8.16. The van der Waals surface area contributed by atoms with E-state index in [-0.39, 0.29) is 42.1 Å². The fourth-order valence-electron chi connectivity index (χ4n) is 5.22. The molecule has 6 heteroatoms. The molecular weight excluding hydrogens is 515 g/mol. The average Bonchev–Trinajstić information content (AvgIpc) is 2.89. The predicted octanol–water partition coefficient (Wildman–Crippen LogP) is 8.21. The van der Waals surface area contributed by atoms with E-state index in [9.17, 15) is 13.0 Å². The molecule has 0 saturated heterocycles. The molecule has 0 aromatic rings. The maximum absolute atomic E-state index is 10.9. The molecular formula is C33H65NaO4S. The van der Waals surface area contributed by atoms with Crippen molar-refractivity contribution >= 4 is 10.4 Å². The summed E-state index contributed by atoms with van der Waals surface area (Å²) in [6.07, 6.45) is 39.5. The summed E-state index contributed by atoms with van der Waals surface area (Å²) in [7, 11) is -4.62. The van der Waals surface area contributed by atoms with Crippen LogP contribution in [0.5, 0.6) is 0 Å². The van der Waals surface area contributed by atoms with Gasteiger partial charge in [-0.15, -0.1) is 0 Å². The Hall–Kier alpha value is 0.610. The van der Waals surface area contributed by atoms with Crippen LogP contribution in [-0.4, -0.2) is 19.6 Å². The zero-order valence-corrected chi connectivity index (χ0v) is 29.4. The topological polar surface area (TPSA) is 66.4 Å². The Balaban J connectivity index is 0. The molecule has 0 saturated carbocycles. The van der Waals surface area contributed by atoms with Gasteiger partial charge in [-0.1, -0.05) is 180 Å². The first kappa shape index (κ1) is 41.7. The van der Waals surface area contributed by atoms with Crippen molar-refractivity contribution in [3.8, 4) is 0 Å². The molecule has 0 heterocycles. The van der Waals surface area contributed by atoms with Crippen LogP contribution >= 0.6 is 0 Å². The minimum atomic E-state index is -4.62. The second kappa shape index (κ2) is 33.1. The third kappa shape index (κ3) is 36.6. The average molecular weight is 581 g/mol. The van der Waals surface area contributed by atoms with E-state index in [1.165, 1.54) is 154 Å². The number of hydrogen-bond donors (Lipinski definition) is 0. The van der Waals surface area contributed by atoms with Gasteiger partial charge in [-0.05, 0) is 19.3 Å². The Bertz CT molecular complexity index is 595. The molecule has 0 bridgehead atoms. The van der Waals surface area contributed by atoms with Crippen molar-refractivity contribution in [2.75, 3.05) is 6.61 Å². The maximum atomic E-state index is 10.9. The largest absolute Gasteiger partial charge is 1.00 e. The Kier molecular flexibility index (Phi) is 35.4. The summed E-state index contributed by atoms with van der Waals surface area (Å²) in [5, 5.41) is 0. The second-order valence-electron chi connectivity index (χ2n) is 11.6. The molecule has 0 aliphatic heterocycles. The van der Waals surface area contributed by atoms with Crippen molar-refractivity contribution in [3.63, 3.8) is 0 Å². The first-order valence-electron chi connectivity index (χ1n) is 16.8. The summed E-state index contributed by atoms with van der Waals surface area (Å²) in [4.78, 5) is 0. The summed E-state index contributed by atoms with van der Waals surface area (Å²) in [6, 6.07) is 0. The standard InChI is InChI=1S/C33H66O4S.Na/c1-3-5-7-9-11-13-15-16-17-18-19-21-23-25-27-29-31-33(32-37-38(34,35)36)30-28-26-24-22-20-14-12-10-8-6-4-2;/h28,30,33H,3-27,29,31-32H2,1-2H3,(H,34,35,36);/q;+1/p-1/b30-28+;. The normalized spacial score (nSPS) is 12.7. The summed E-state index contributed by atoms with van der Waals surface area (Å²) in [5.74, 6) is 0.0175. The van der Waals surface area contributed by atoms with Crippen LogP contribution in [0.2, 0.25) is 0 Å². The van der Waals surface area contributed by atoms with E-state index in [1.807, 2.05) is 0 Å². The summed E-state index contributed by atoms with van der Waals surface area (Å²) < 4.78 is 37.3. The van der Waals surface area contributed by atoms with Crippen LogP contribution in [0.4, 0.5) is 0 Å². The molecule has 228 valence electrons. The Labute approximate surface area is 267 Å². The van der Waals surface area contributed by atoms with Crippen molar-refractivity contribution in [2.45, 2.75) is 187 Å². The number of allylic oxidation sites excluding steroid dienone is 1. The van der Waals surface area contributed by atoms with Crippen molar-refractivity contribution in [3.05, 3.63) is 12.2 Å². The van der Waals surface area contributed by atoms with Gasteiger partial charge in [-0.2, -0.15) is 0 Å². The monoisotopic (exact) mass is 580 g/mol.